The number of methoxy groups -OCH3 is 1. The molecule has 1 aliphatic carbocycles. The van der Waals surface area contributed by atoms with Gasteiger partial charge >= 0.3 is 0 Å². The van der Waals surface area contributed by atoms with Crippen molar-refractivity contribution >= 4 is 39.1 Å². The second-order valence-electron chi connectivity index (χ2n) is 10.2. The molecular weight excluding hydrogens is 562 g/mol. The molecule has 1 N–H and O–H groups in total. The molecule has 1 aliphatic rings. The molecule has 0 bridgehead atoms. The fourth-order valence-electron chi connectivity index (χ4n) is 5.00. The summed E-state index contributed by atoms with van der Waals surface area (Å²) in [5.41, 5.74) is 1.59. The number of hydrogen-bond donors (Lipinski definition) is 1. The Morgan fingerprint density at radius 1 is 1.00 bits per heavy atom. The summed E-state index contributed by atoms with van der Waals surface area (Å²) in [5.74, 6) is -0.126. The smallest absolute Gasteiger partial charge is 0.264 e. The second kappa shape index (κ2) is 13.4. The van der Waals surface area contributed by atoms with E-state index in [1.54, 1.807) is 69.5 Å². The van der Waals surface area contributed by atoms with Gasteiger partial charge in [0.2, 0.25) is 11.8 Å². The number of hydrogen-bond acceptors (Lipinski definition) is 5. The summed E-state index contributed by atoms with van der Waals surface area (Å²) in [7, 11) is -2.59. The van der Waals surface area contributed by atoms with E-state index in [2.05, 4.69) is 5.32 Å². The van der Waals surface area contributed by atoms with Crippen molar-refractivity contribution in [3.05, 3.63) is 88.9 Å². The number of anilines is 1. The van der Waals surface area contributed by atoms with Gasteiger partial charge in [-0.25, -0.2) is 8.42 Å². The number of halogens is 1. The van der Waals surface area contributed by atoms with Crippen molar-refractivity contribution in [1.82, 2.24) is 10.2 Å². The van der Waals surface area contributed by atoms with Gasteiger partial charge in [0.15, 0.2) is 0 Å². The number of ether oxygens (including phenoxy) is 1. The van der Waals surface area contributed by atoms with E-state index in [4.69, 9.17) is 16.3 Å². The Kier molecular flexibility index (Phi) is 9.94. The number of carbonyl (C=O) groups is 2. The molecule has 0 radical (unpaired) electrons. The first-order chi connectivity index (χ1) is 19.6. The monoisotopic (exact) mass is 597 g/mol. The molecule has 8 nitrogen and oxygen atoms in total. The number of rotatable bonds is 11. The minimum atomic E-state index is -4.16. The van der Waals surface area contributed by atoms with E-state index in [1.165, 1.54) is 17.0 Å². The third-order valence-corrected chi connectivity index (χ3v) is 9.68. The fraction of sp³-hybridized carbons (Fsp3) is 0.355. The van der Waals surface area contributed by atoms with Crippen LogP contribution < -0.4 is 14.4 Å². The molecular formula is C31H36ClN3O5S. The zero-order valence-electron chi connectivity index (χ0n) is 23.5. The molecule has 2 amide bonds. The van der Waals surface area contributed by atoms with Crippen LogP contribution in [0.3, 0.4) is 0 Å². The van der Waals surface area contributed by atoms with Crippen molar-refractivity contribution in [3.63, 3.8) is 0 Å². The quantitative estimate of drug-likeness (QED) is 0.322. The summed E-state index contributed by atoms with van der Waals surface area (Å²) >= 11 is 6.38. The van der Waals surface area contributed by atoms with E-state index in [-0.39, 0.29) is 23.4 Å². The second-order valence-corrected chi connectivity index (χ2v) is 12.5. The maximum atomic E-state index is 14.1. The van der Waals surface area contributed by atoms with Crippen molar-refractivity contribution in [2.45, 2.75) is 63.1 Å². The van der Waals surface area contributed by atoms with E-state index in [1.807, 2.05) is 12.1 Å². The minimum absolute atomic E-state index is 0.0425. The average molecular weight is 598 g/mol. The Hall–Kier alpha value is -3.56. The van der Waals surface area contributed by atoms with Crippen LogP contribution >= 0.6 is 11.6 Å². The molecule has 1 fully saturated rings. The van der Waals surface area contributed by atoms with Crippen LogP contribution in [0.1, 0.15) is 43.7 Å². The number of benzene rings is 3. The molecule has 0 aromatic heterocycles. The molecule has 218 valence electrons. The predicted octanol–water partition coefficient (Wildman–Crippen LogP) is 5.33. The van der Waals surface area contributed by atoms with Gasteiger partial charge in [-0.2, -0.15) is 0 Å². The Morgan fingerprint density at radius 3 is 2.29 bits per heavy atom. The lowest BCUT2D eigenvalue weighted by Crippen LogP contribution is -2.52. The van der Waals surface area contributed by atoms with Gasteiger partial charge in [-0.15, -0.1) is 0 Å². The summed E-state index contributed by atoms with van der Waals surface area (Å²) < 4.78 is 34.2. The Labute approximate surface area is 247 Å². The molecule has 0 spiro atoms. The molecule has 3 aromatic carbocycles. The molecule has 10 heteroatoms. The number of nitrogens with one attached hydrogen (secondary N) is 1. The summed E-state index contributed by atoms with van der Waals surface area (Å²) in [4.78, 5) is 28.9. The molecule has 41 heavy (non-hydrogen) atoms. The molecule has 0 unspecified atom stereocenters. The Morgan fingerprint density at radius 2 is 1.66 bits per heavy atom. The number of carbonyl (C=O) groups excluding carboxylic acids is 2. The maximum Gasteiger partial charge on any atom is 0.264 e. The van der Waals surface area contributed by atoms with Crippen LogP contribution in [-0.4, -0.2) is 50.9 Å². The summed E-state index contributed by atoms with van der Waals surface area (Å²) in [5, 5.41) is 3.45. The zero-order chi connectivity index (χ0) is 29.6. The first-order valence-electron chi connectivity index (χ1n) is 13.7. The van der Waals surface area contributed by atoms with Gasteiger partial charge in [-0.05, 0) is 74.2 Å². The molecule has 1 saturated carbocycles. The van der Waals surface area contributed by atoms with Gasteiger partial charge in [0, 0.05) is 17.6 Å². The van der Waals surface area contributed by atoms with Gasteiger partial charge in [-0.1, -0.05) is 60.8 Å². The zero-order valence-corrected chi connectivity index (χ0v) is 25.1. The largest absolute Gasteiger partial charge is 0.497 e. The Bertz CT molecular complexity index is 1460. The van der Waals surface area contributed by atoms with Crippen LogP contribution in [0.4, 0.5) is 5.69 Å². The third-order valence-electron chi connectivity index (χ3n) is 7.50. The third kappa shape index (κ3) is 7.21. The lowest BCUT2D eigenvalue weighted by Gasteiger charge is -2.33. The highest BCUT2D eigenvalue weighted by Gasteiger charge is 2.34. The lowest BCUT2D eigenvalue weighted by molar-refractivity contribution is -0.139. The van der Waals surface area contributed by atoms with Gasteiger partial charge < -0.3 is 15.0 Å². The van der Waals surface area contributed by atoms with Crippen LogP contribution in [0.2, 0.25) is 5.02 Å². The molecule has 0 heterocycles. The SMILES string of the molecule is COc1ccc(CN(C(=O)CN(c2cccc(Cl)c2C)S(=O)(=O)c2ccccc2)[C@@H](C)C(=O)NC2CCCC2)cc1. The van der Waals surface area contributed by atoms with Crippen molar-refractivity contribution < 1.29 is 22.7 Å². The maximum absolute atomic E-state index is 14.1. The van der Waals surface area contributed by atoms with E-state index in [0.29, 0.717) is 22.0 Å². The van der Waals surface area contributed by atoms with Crippen LogP contribution in [0.25, 0.3) is 0 Å². The van der Waals surface area contributed by atoms with Crippen LogP contribution in [-0.2, 0) is 26.2 Å². The van der Waals surface area contributed by atoms with E-state index in [0.717, 1.165) is 35.6 Å². The number of amides is 2. The molecule has 0 aliphatic heterocycles. The van der Waals surface area contributed by atoms with Gasteiger partial charge in [0.1, 0.15) is 18.3 Å². The highest BCUT2D eigenvalue weighted by Crippen LogP contribution is 2.31. The van der Waals surface area contributed by atoms with Crippen molar-refractivity contribution in [2.24, 2.45) is 0 Å². The first-order valence-corrected chi connectivity index (χ1v) is 15.5. The topological polar surface area (TPSA) is 96.0 Å². The van der Waals surface area contributed by atoms with Crippen LogP contribution in [0, 0.1) is 6.92 Å². The Balaban J connectivity index is 1.70. The normalized spacial score (nSPS) is 14.3. The van der Waals surface area contributed by atoms with Crippen molar-refractivity contribution in [2.75, 3.05) is 18.0 Å². The fourth-order valence-corrected chi connectivity index (χ4v) is 6.66. The first kappa shape index (κ1) is 30.4. The highest BCUT2D eigenvalue weighted by molar-refractivity contribution is 7.92. The average Bonchev–Trinajstić information content (AvgIpc) is 3.49. The van der Waals surface area contributed by atoms with E-state index in [9.17, 15) is 18.0 Å². The molecule has 0 saturated heterocycles. The summed E-state index contributed by atoms with van der Waals surface area (Å²) in [6, 6.07) is 19.3. The molecule has 1 atom stereocenters. The van der Waals surface area contributed by atoms with Crippen LogP contribution in [0.15, 0.2) is 77.7 Å². The predicted molar refractivity (Wildman–Crippen MR) is 161 cm³/mol. The lowest BCUT2D eigenvalue weighted by atomic mass is 10.1. The van der Waals surface area contributed by atoms with Crippen molar-refractivity contribution in [3.8, 4) is 5.75 Å². The minimum Gasteiger partial charge on any atom is -0.497 e. The summed E-state index contributed by atoms with van der Waals surface area (Å²) in [6.07, 6.45) is 3.92. The van der Waals surface area contributed by atoms with Gasteiger partial charge in [0.05, 0.1) is 17.7 Å². The van der Waals surface area contributed by atoms with Gasteiger partial charge in [-0.3, -0.25) is 13.9 Å². The van der Waals surface area contributed by atoms with Crippen LogP contribution in [0.5, 0.6) is 5.75 Å². The molecule has 4 rings (SSSR count). The number of nitrogens with zero attached hydrogens (tertiary/aromatic N) is 2. The van der Waals surface area contributed by atoms with Gasteiger partial charge in [0.25, 0.3) is 10.0 Å². The highest BCUT2D eigenvalue weighted by atomic mass is 35.5. The van der Waals surface area contributed by atoms with E-state index < -0.39 is 28.5 Å². The standard InChI is InChI=1S/C31H36ClN3O5S/c1-22-28(32)14-9-15-29(22)35(41(38,39)27-12-5-4-6-13-27)21-30(36)34(20-24-16-18-26(40-3)19-17-24)23(2)31(37)33-25-10-7-8-11-25/h4-6,9,12-19,23,25H,7-8,10-11,20-21H2,1-3H3,(H,33,37)/t23-/m0/s1. The number of sulfonamides is 1. The summed E-state index contributed by atoms with van der Waals surface area (Å²) in [6.45, 7) is 2.97. The molecule has 3 aromatic rings. The van der Waals surface area contributed by atoms with Crippen molar-refractivity contribution in [1.29, 1.82) is 0 Å². The van der Waals surface area contributed by atoms with E-state index >= 15 is 0 Å².